The van der Waals surface area contributed by atoms with Gasteiger partial charge >= 0.3 is 0 Å². The number of hydrogen-bond donors (Lipinski definition) is 1. The summed E-state index contributed by atoms with van der Waals surface area (Å²) < 4.78 is 5.27. The minimum atomic E-state index is 0.516. The summed E-state index contributed by atoms with van der Waals surface area (Å²) in [4.78, 5) is 2.38. The first-order valence-corrected chi connectivity index (χ1v) is 7.67. The predicted octanol–water partition coefficient (Wildman–Crippen LogP) is 3.29. The molecule has 0 aliphatic heterocycles. The molecule has 1 rings (SSSR count). The highest BCUT2D eigenvalue weighted by atomic mass is 16.5. The van der Waals surface area contributed by atoms with Crippen LogP contribution in [0.4, 0.5) is 0 Å². The van der Waals surface area contributed by atoms with Crippen LogP contribution in [0.25, 0.3) is 0 Å². The Hall–Kier alpha value is -1.06. The van der Waals surface area contributed by atoms with Gasteiger partial charge in [-0.05, 0) is 44.5 Å². The third-order valence-electron chi connectivity index (χ3n) is 4.01. The van der Waals surface area contributed by atoms with Gasteiger partial charge in [0.15, 0.2) is 0 Å². The van der Waals surface area contributed by atoms with Crippen LogP contribution in [0.2, 0.25) is 0 Å². The van der Waals surface area contributed by atoms with Crippen molar-refractivity contribution < 1.29 is 4.74 Å². The van der Waals surface area contributed by atoms with Gasteiger partial charge in [0.25, 0.3) is 0 Å². The number of benzene rings is 1. The molecule has 1 atom stereocenters. The molecule has 0 aliphatic carbocycles. The Morgan fingerprint density at radius 2 is 1.95 bits per heavy atom. The van der Waals surface area contributed by atoms with Crippen molar-refractivity contribution in [2.24, 2.45) is 0 Å². The van der Waals surface area contributed by atoms with Crippen molar-refractivity contribution in [3.05, 3.63) is 29.8 Å². The maximum Gasteiger partial charge on any atom is 0.119 e. The second kappa shape index (κ2) is 8.98. The fourth-order valence-corrected chi connectivity index (χ4v) is 2.29. The molecule has 1 aromatic rings. The van der Waals surface area contributed by atoms with Crippen LogP contribution in [0.5, 0.6) is 5.75 Å². The second-order valence-corrected chi connectivity index (χ2v) is 5.54. The van der Waals surface area contributed by atoms with Crippen LogP contribution in [-0.2, 0) is 6.54 Å². The zero-order valence-electron chi connectivity index (χ0n) is 13.6. The molecule has 3 nitrogen and oxygen atoms in total. The maximum atomic E-state index is 5.27. The van der Waals surface area contributed by atoms with E-state index in [9.17, 15) is 0 Å². The number of hydrogen-bond acceptors (Lipinski definition) is 3. The first kappa shape index (κ1) is 17.0. The summed E-state index contributed by atoms with van der Waals surface area (Å²) in [5, 5.41) is 3.64. The average Bonchev–Trinajstić information content (AvgIpc) is 2.48. The molecule has 0 saturated carbocycles. The van der Waals surface area contributed by atoms with Gasteiger partial charge in [0.1, 0.15) is 5.75 Å². The minimum Gasteiger partial charge on any atom is -0.497 e. The van der Waals surface area contributed by atoms with Crippen molar-refractivity contribution in [3.63, 3.8) is 0 Å². The van der Waals surface area contributed by atoms with Crippen molar-refractivity contribution in [2.75, 3.05) is 20.7 Å². The summed E-state index contributed by atoms with van der Waals surface area (Å²) in [6.07, 6.45) is 2.39. The third kappa shape index (κ3) is 5.51. The Bertz CT molecular complexity index is 377. The van der Waals surface area contributed by atoms with E-state index in [1.54, 1.807) is 7.11 Å². The molecule has 3 heteroatoms. The topological polar surface area (TPSA) is 24.5 Å². The monoisotopic (exact) mass is 278 g/mol. The van der Waals surface area contributed by atoms with Gasteiger partial charge in [0.2, 0.25) is 0 Å². The van der Waals surface area contributed by atoms with Gasteiger partial charge in [-0.1, -0.05) is 26.0 Å². The highest BCUT2D eigenvalue weighted by molar-refractivity contribution is 5.28. The summed E-state index contributed by atoms with van der Waals surface area (Å²) in [6, 6.07) is 9.46. The van der Waals surface area contributed by atoms with Crippen LogP contribution in [-0.4, -0.2) is 37.7 Å². The molecule has 0 aliphatic rings. The Kier molecular flexibility index (Phi) is 7.63. The zero-order chi connectivity index (χ0) is 15.0. The summed E-state index contributed by atoms with van der Waals surface area (Å²) in [7, 11) is 3.89. The number of nitrogens with one attached hydrogen (secondary N) is 1. The van der Waals surface area contributed by atoms with Crippen molar-refractivity contribution >= 4 is 0 Å². The maximum absolute atomic E-state index is 5.27. The smallest absolute Gasteiger partial charge is 0.119 e. The molecule has 0 spiro atoms. The minimum absolute atomic E-state index is 0.516. The largest absolute Gasteiger partial charge is 0.497 e. The molecule has 0 radical (unpaired) electrons. The Labute approximate surface area is 124 Å². The zero-order valence-corrected chi connectivity index (χ0v) is 13.6. The van der Waals surface area contributed by atoms with Crippen LogP contribution in [0.15, 0.2) is 24.3 Å². The first-order valence-electron chi connectivity index (χ1n) is 7.67. The molecule has 1 aromatic carbocycles. The molecule has 20 heavy (non-hydrogen) atoms. The quantitative estimate of drug-likeness (QED) is 0.750. The molecule has 0 bridgehead atoms. The number of nitrogens with zero attached hydrogens (tertiary/aromatic N) is 1. The van der Waals surface area contributed by atoms with E-state index in [4.69, 9.17) is 4.74 Å². The number of ether oxygens (including phenoxy) is 1. The normalized spacial score (nSPS) is 12.9. The van der Waals surface area contributed by atoms with Gasteiger partial charge in [0, 0.05) is 25.2 Å². The molecule has 0 saturated heterocycles. The molecular weight excluding hydrogens is 248 g/mol. The Morgan fingerprint density at radius 1 is 1.25 bits per heavy atom. The highest BCUT2D eigenvalue weighted by Gasteiger charge is 2.11. The first-order chi connectivity index (χ1) is 9.60. The van der Waals surface area contributed by atoms with Gasteiger partial charge in [-0.2, -0.15) is 0 Å². The van der Waals surface area contributed by atoms with E-state index in [0.717, 1.165) is 18.8 Å². The van der Waals surface area contributed by atoms with Crippen LogP contribution in [0.1, 0.15) is 39.2 Å². The molecule has 0 amide bonds. The van der Waals surface area contributed by atoms with Crippen LogP contribution < -0.4 is 10.1 Å². The number of methoxy groups -OCH3 is 1. The Morgan fingerprint density at radius 3 is 2.55 bits per heavy atom. The van der Waals surface area contributed by atoms with E-state index >= 15 is 0 Å². The third-order valence-corrected chi connectivity index (χ3v) is 4.01. The highest BCUT2D eigenvalue weighted by Crippen LogP contribution is 2.14. The van der Waals surface area contributed by atoms with Gasteiger partial charge in [-0.25, -0.2) is 0 Å². The standard InChI is InChI=1S/C17H30N2O/c1-6-16(7-2)18-12-14(3)19(4)13-15-9-8-10-17(11-15)20-5/h8-11,14,16,18H,6-7,12-13H2,1-5H3. The molecule has 1 N–H and O–H groups in total. The predicted molar refractivity (Wildman–Crippen MR) is 86.3 cm³/mol. The van der Waals surface area contributed by atoms with E-state index in [0.29, 0.717) is 12.1 Å². The lowest BCUT2D eigenvalue weighted by Crippen LogP contribution is -2.41. The van der Waals surface area contributed by atoms with Gasteiger partial charge in [0.05, 0.1) is 7.11 Å². The number of likely N-dealkylation sites (N-methyl/N-ethyl adjacent to an activating group) is 1. The van der Waals surface area contributed by atoms with Crippen molar-refractivity contribution in [3.8, 4) is 5.75 Å². The molecule has 0 fully saturated rings. The van der Waals surface area contributed by atoms with E-state index in [2.05, 4.69) is 56.2 Å². The van der Waals surface area contributed by atoms with E-state index in [1.807, 2.05) is 6.07 Å². The van der Waals surface area contributed by atoms with E-state index < -0.39 is 0 Å². The van der Waals surface area contributed by atoms with E-state index in [1.165, 1.54) is 18.4 Å². The molecule has 0 heterocycles. The lowest BCUT2D eigenvalue weighted by atomic mass is 10.1. The molecular formula is C17H30N2O. The van der Waals surface area contributed by atoms with Crippen LogP contribution in [0, 0.1) is 0 Å². The Balaban J connectivity index is 2.46. The fourth-order valence-electron chi connectivity index (χ4n) is 2.29. The molecule has 114 valence electrons. The van der Waals surface area contributed by atoms with Crippen molar-refractivity contribution in [1.82, 2.24) is 10.2 Å². The summed E-state index contributed by atoms with van der Waals surface area (Å²) in [5.74, 6) is 0.929. The van der Waals surface area contributed by atoms with Gasteiger partial charge < -0.3 is 10.1 Å². The lowest BCUT2D eigenvalue weighted by Gasteiger charge is -2.27. The summed E-state index contributed by atoms with van der Waals surface area (Å²) >= 11 is 0. The van der Waals surface area contributed by atoms with Crippen molar-refractivity contribution in [2.45, 2.75) is 52.2 Å². The van der Waals surface area contributed by atoms with Gasteiger partial charge in [-0.3, -0.25) is 4.90 Å². The fraction of sp³-hybridized carbons (Fsp3) is 0.647. The summed E-state index contributed by atoms with van der Waals surface area (Å²) in [6.45, 7) is 8.74. The van der Waals surface area contributed by atoms with E-state index in [-0.39, 0.29) is 0 Å². The number of rotatable bonds is 9. The van der Waals surface area contributed by atoms with Crippen LogP contribution in [0.3, 0.4) is 0 Å². The van der Waals surface area contributed by atoms with Crippen LogP contribution >= 0.6 is 0 Å². The van der Waals surface area contributed by atoms with Gasteiger partial charge in [-0.15, -0.1) is 0 Å². The molecule has 1 unspecified atom stereocenters. The average molecular weight is 278 g/mol. The second-order valence-electron chi connectivity index (χ2n) is 5.54. The summed E-state index contributed by atoms with van der Waals surface area (Å²) in [5.41, 5.74) is 1.29. The molecule has 0 aromatic heterocycles. The lowest BCUT2D eigenvalue weighted by molar-refractivity contribution is 0.235. The SMILES string of the molecule is CCC(CC)NCC(C)N(C)Cc1cccc(OC)c1. The van der Waals surface area contributed by atoms with Crippen molar-refractivity contribution in [1.29, 1.82) is 0 Å².